The third-order valence-electron chi connectivity index (χ3n) is 3.94. The van der Waals surface area contributed by atoms with E-state index in [9.17, 15) is 14.7 Å². The van der Waals surface area contributed by atoms with E-state index in [1.165, 1.54) is 28.4 Å². The number of thioether (sulfide) groups is 2. The highest BCUT2D eigenvalue weighted by Crippen LogP contribution is 2.39. The zero-order valence-electron chi connectivity index (χ0n) is 14.3. The van der Waals surface area contributed by atoms with Crippen LogP contribution in [0.1, 0.15) is 0 Å². The summed E-state index contributed by atoms with van der Waals surface area (Å²) in [4.78, 5) is 26.8. The van der Waals surface area contributed by atoms with Gasteiger partial charge in [0.15, 0.2) is 0 Å². The molecule has 12 heteroatoms. The molecule has 3 N–H and O–H groups in total. The fourth-order valence-corrected chi connectivity index (χ4v) is 4.51. The van der Waals surface area contributed by atoms with Crippen molar-refractivity contribution in [3.63, 3.8) is 0 Å². The number of fused-ring (bicyclic) bond motifs is 1. The number of nitrogens with two attached hydrogens (primary N) is 1. The molecule has 2 aliphatic heterocycles. The molecule has 2 atom stereocenters. The molecule has 0 aliphatic carbocycles. The number of hydrogen-bond donors (Lipinski definition) is 2. The summed E-state index contributed by atoms with van der Waals surface area (Å²) in [5, 5.41) is 23.1. The second kappa shape index (κ2) is 7.78. The number of amides is 1. The van der Waals surface area contributed by atoms with Gasteiger partial charge in [-0.15, -0.1) is 16.9 Å². The van der Waals surface area contributed by atoms with Crippen molar-refractivity contribution in [1.82, 2.24) is 30.0 Å². The minimum absolute atomic E-state index is 0.00417. The van der Waals surface area contributed by atoms with Crippen LogP contribution in [-0.2, 0) is 16.1 Å². The summed E-state index contributed by atoms with van der Waals surface area (Å²) in [7, 11) is 3.93. The highest BCUT2D eigenvalue weighted by atomic mass is 32.2. The molecule has 1 unspecified atom stereocenters. The lowest BCUT2D eigenvalue weighted by Gasteiger charge is -2.47. The maximum atomic E-state index is 11.9. The number of carbonyl (C=O) groups excluding carboxylic acids is 1. The fourth-order valence-electron chi connectivity index (χ4n) is 2.56. The predicted octanol–water partition coefficient (Wildman–Crippen LogP) is -0.578. The van der Waals surface area contributed by atoms with Gasteiger partial charge >= 0.3 is 5.97 Å². The highest BCUT2D eigenvalue weighted by Gasteiger charge is 2.51. The molecule has 10 nitrogen and oxygen atoms in total. The summed E-state index contributed by atoms with van der Waals surface area (Å²) in [5.41, 5.74) is 6.31. The van der Waals surface area contributed by atoms with Gasteiger partial charge in [0, 0.05) is 12.3 Å². The molecule has 3 rings (SSSR count). The Morgan fingerprint density at radius 2 is 2.31 bits per heavy atom. The van der Waals surface area contributed by atoms with Crippen molar-refractivity contribution < 1.29 is 14.7 Å². The Bertz CT molecular complexity index is 776. The first-order valence-corrected chi connectivity index (χ1v) is 9.73. The summed E-state index contributed by atoms with van der Waals surface area (Å²) < 4.78 is 1.69. The number of β-lactam (4-membered cyclic amide) rings is 1. The van der Waals surface area contributed by atoms with Gasteiger partial charge in [0.1, 0.15) is 17.1 Å². The molecule has 26 heavy (non-hydrogen) atoms. The van der Waals surface area contributed by atoms with Crippen LogP contribution >= 0.6 is 23.5 Å². The van der Waals surface area contributed by atoms with E-state index in [1.807, 2.05) is 19.0 Å². The first kappa shape index (κ1) is 18.9. The Kier molecular flexibility index (Phi) is 5.65. The largest absolute Gasteiger partial charge is 0.477 e. The summed E-state index contributed by atoms with van der Waals surface area (Å²) in [6.07, 6.45) is 1.69. The van der Waals surface area contributed by atoms with Crippen molar-refractivity contribution in [3.8, 4) is 0 Å². The van der Waals surface area contributed by atoms with Gasteiger partial charge in [0.25, 0.3) is 0 Å². The molecule has 0 bridgehead atoms. The molecule has 2 aliphatic rings. The van der Waals surface area contributed by atoms with Gasteiger partial charge in [-0.25, -0.2) is 9.48 Å². The summed E-state index contributed by atoms with van der Waals surface area (Å²) in [6, 6.07) is -0.629. The standard InChI is InChI=1S/C14H19N7O3S2/c1-19(2)4-5-20-14(16-17-18-20)25-6-3-8-7-26-12-9(15)11(22)21(12)10(8)13(23)24/h3,6,9,12H,4-5,7,15H2,1-2H3,(H,23,24)/t9?,12-/m0/s1. The Hall–Kier alpha value is -1.89. The molecule has 1 fully saturated rings. The van der Waals surface area contributed by atoms with Crippen LogP contribution in [0.2, 0.25) is 0 Å². The molecule has 3 heterocycles. The van der Waals surface area contributed by atoms with Gasteiger partial charge in [-0.1, -0.05) is 11.8 Å². The third-order valence-corrected chi connectivity index (χ3v) is 6.04. The number of rotatable bonds is 7. The van der Waals surface area contributed by atoms with Gasteiger partial charge < -0.3 is 15.7 Å². The maximum absolute atomic E-state index is 11.9. The average molecular weight is 397 g/mol. The zero-order chi connectivity index (χ0) is 18.8. The number of likely N-dealkylation sites (N-methyl/N-ethyl adjacent to an activating group) is 1. The lowest BCUT2D eigenvalue weighted by molar-refractivity contribution is -0.147. The number of aromatic nitrogens is 4. The molecule has 0 spiro atoms. The van der Waals surface area contributed by atoms with Crippen LogP contribution in [-0.4, -0.2) is 84.8 Å². The van der Waals surface area contributed by atoms with Crippen molar-refractivity contribution in [2.45, 2.75) is 23.1 Å². The van der Waals surface area contributed by atoms with Crippen molar-refractivity contribution in [3.05, 3.63) is 22.8 Å². The molecule has 1 saturated heterocycles. The van der Waals surface area contributed by atoms with E-state index in [-0.39, 0.29) is 17.0 Å². The van der Waals surface area contributed by atoms with E-state index < -0.39 is 12.0 Å². The van der Waals surface area contributed by atoms with Crippen LogP contribution in [0.3, 0.4) is 0 Å². The quantitative estimate of drug-likeness (QED) is 0.455. The van der Waals surface area contributed by atoms with E-state index in [0.717, 1.165) is 6.54 Å². The van der Waals surface area contributed by atoms with Crippen LogP contribution in [0.5, 0.6) is 0 Å². The number of aliphatic carboxylic acids is 1. The van der Waals surface area contributed by atoms with E-state index in [1.54, 1.807) is 16.2 Å². The van der Waals surface area contributed by atoms with Gasteiger partial charge in [0.2, 0.25) is 11.1 Å². The number of carboxylic acids is 1. The van der Waals surface area contributed by atoms with Crippen LogP contribution in [0.25, 0.3) is 0 Å². The minimum Gasteiger partial charge on any atom is -0.477 e. The van der Waals surface area contributed by atoms with Crippen molar-refractivity contribution in [1.29, 1.82) is 0 Å². The second-order valence-corrected chi connectivity index (χ2v) is 8.00. The molecule has 0 aromatic carbocycles. The zero-order valence-corrected chi connectivity index (χ0v) is 15.9. The van der Waals surface area contributed by atoms with Crippen molar-refractivity contribution in [2.24, 2.45) is 5.73 Å². The van der Waals surface area contributed by atoms with Crippen LogP contribution in [0.4, 0.5) is 0 Å². The number of tetrazole rings is 1. The van der Waals surface area contributed by atoms with Gasteiger partial charge in [0.05, 0.1) is 6.54 Å². The lowest BCUT2D eigenvalue weighted by atomic mass is 10.0. The van der Waals surface area contributed by atoms with E-state index in [4.69, 9.17) is 5.73 Å². The normalized spacial score (nSPS) is 22.9. The SMILES string of the molecule is CN(C)CCn1nnnc1SC=CC1=C(C(=O)O)N2C(=O)C(N)[C@@H]2SC1. The third kappa shape index (κ3) is 3.63. The topological polar surface area (TPSA) is 130 Å². The van der Waals surface area contributed by atoms with E-state index >= 15 is 0 Å². The molecule has 1 aromatic heterocycles. The molecule has 140 valence electrons. The number of hydrogen-bond acceptors (Lipinski definition) is 9. The first-order valence-electron chi connectivity index (χ1n) is 7.81. The molecular weight excluding hydrogens is 378 g/mol. The molecule has 1 aromatic rings. The number of carbonyl (C=O) groups is 2. The Morgan fingerprint density at radius 3 is 3.00 bits per heavy atom. The number of nitrogens with zero attached hydrogens (tertiary/aromatic N) is 6. The van der Waals surface area contributed by atoms with Gasteiger partial charge in [-0.2, -0.15) is 0 Å². The summed E-state index contributed by atoms with van der Waals surface area (Å²) in [5.74, 6) is -1.01. The van der Waals surface area contributed by atoms with Crippen molar-refractivity contribution in [2.75, 3.05) is 26.4 Å². The van der Waals surface area contributed by atoms with Crippen LogP contribution in [0.15, 0.2) is 27.9 Å². The lowest BCUT2D eigenvalue weighted by Crippen LogP contribution is -2.68. The Labute approximate surface area is 158 Å². The molecular formula is C14H19N7O3S2. The minimum atomic E-state index is -1.13. The monoisotopic (exact) mass is 397 g/mol. The number of allylic oxidation sites excluding steroid dienone is 1. The molecule has 1 amide bonds. The van der Waals surface area contributed by atoms with Gasteiger partial charge in [-0.05, 0) is 41.6 Å². The fraction of sp³-hybridized carbons (Fsp3) is 0.500. The highest BCUT2D eigenvalue weighted by molar-refractivity contribution is 8.02. The van der Waals surface area contributed by atoms with E-state index in [0.29, 0.717) is 23.0 Å². The maximum Gasteiger partial charge on any atom is 0.352 e. The summed E-state index contributed by atoms with van der Waals surface area (Å²) in [6.45, 7) is 1.45. The average Bonchev–Trinajstić information content (AvgIpc) is 3.05. The Morgan fingerprint density at radius 1 is 1.54 bits per heavy atom. The molecule has 0 radical (unpaired) electrons. The summed E-state index contributed by atoms with van der Waals surface area (Å²) >= 11 is 2.76. The van der Waals surface area contributed by atoms with Crippen molar-refractivity contribution >= 4 is 35.4 Å². The van der Waals surface area contributed by atoms with Crippen LogP contribution in [0, 0.1) is 0 Å². The Balaban J connectivity index is 1.73. The smallest absolute Gasteiger partial charge is 0.352 e. The van der Waals surface area contributed by atoms with Crippen LogP contribution < -0.4 is 5.73 Å². The second-order valence-electron chi connectivity index (χ2n) is 6.02. The van der Waals surface area contributed by atoms with E-state index in [2.05, 4.69) is 15.5 Å². The first-order chi connectivity index (χ1) is 12.4. The van der Waals surface area contributed by atoms with Gasteiger partial charge in [-0.3, -0.25) is 9.69 Å². The molecule has 0 saturated carbocycles. The number of carboxylic acid groups (broad SMARTS) is 1. The predicted molar refractivity (Wildman–Crippen MR) is 97.1 cm³/mol.